The van der Waals surface area contributed by atoms with Crippen LogP contribution in [0.3, 0.4) is 0 Å². The third-order valence-electron chi connectivity index (χ3n) is 1.83. The highest BCUT2D eigenvalue weighted by Gasteiger charge is 2.19. The molecule has 0 heterocycles. The van der Waals surface area contributed by atoms with Gasteiger partial charge in [-0.2, -0.15) is 0 Å². The summed E-state index contributed by atoms with van der Waals surface area (Å²) in [5.41, 5.74) is 0. The molecule has 1 aromatic carbocycles. The quantitative estimate of drug-likeness (QED) is 0.883. The Bertz CT molecular complexity index is 488. The fraction of sp³-hybridized carbons (Fsp3) is 0.333. The molecule has 0 saturated heterocycles. The first-order valence-electron chi connectivity index (χ1n) is 4.45. The number of nitrogens with one attached hydrogen (secondary N) is 1. The number of hydrogen-bond donors (Lipinski definition) is 1. The van der Waals surface area contributed by atoms with Gasteiger partial charge in [-0.25, -0.2) is 13.1 Å². The number of ether oxygens (including phenoxy) is 1. The van der Waals surface area contributed by atoms with E-state index in [1.807, 2.05) is 0 Å². The molecule has 0 aliphatic carbocycles. The molecule has 0 atom stereocenters. The summed E-state index contributed by atoms with van der Waals surface area (Å²) in [5, 5.41) is 0. The third kappa shape index (κ3) is 2.97. The molecule has 1 N–H and O–H groups in total. The smallest absolute Gasteiger partial charge is 0.241 e. The largest absolute Gasteiger partial charge is 0.496 e. The molecule has 1 rings (SSSR count). The maximum Gasteiger partial charge on any atom is 0.241 e. The Morgan fingerprint density at radius 3 is 2.44 bits per heavy atom. The van der Waals surface area contributed by atoms with Gasteiger partial charge in [0.1, 0.15) is 5.75 Å². The SMILES string of the molecule is CCNS(=O)(=O)c1cc(OC)c(Br)cc1Br. The predicted octanol–water partition coefficient (Wildman–Crippen LogP) is 2.52. The second-order valence-corrected chi connectivity index (χ2v) is 6.36. The van der Waals surface area contributed by atoms with Crippen molar-refractivity contribution in [2.75, 3.05) is 13.7 Å². The standard InChI is InChI=1S/C9H11Br2NO3S/c1-3-12-16(13,14)9-5-8(15-2)6(10)4-7(9)11/h4-5,12H,3H2,1-2H3. The van der Waals surface area contributed by atoms with E-state index >= 15 is 0 Å². The molecule has 0 aliphatic heterocycles. The minimum Gasteiger partial charge on any atom is -0.496 e. The lowest BCUT2D eigenvalue weighted by molar-refractivity contribution is 0.410. The molecule has 0 radical (unpaired) electrons. The molecule has 0 fully saturated rings. The van der Waals surface area contributed by atoms with E-state index in [4.69, 9.17) is 4.74 Å². The molecule has 0 aromatic heterocycles. The van der Waals surface area contributed by atoms with Gasteiger partial charge in [0, 0.05) is 17.1 Å². The van der Waals surface area contributed by atoms with Gasteiger partial charge in [-0.15, -0.1) is 0 Å². The molecule has 90 valence electrons. The molecular weight excluding hydrogens is 362 g/mol. The zero-order valence-corrected chi connectivity index (χ0v) is 12.7. The average Bonchev–Trinajstić information content (AvgIpc) is 2.17. The van der Waals surface area contributed by atoms with Crippen molar-refractivity contribution in [3.8, 4) is 5.75 Å². The van der Waals surface area contributed by atoms with Crippen LogP contribution in [0, 0.1) is 0 Å². The normalized spacial score (nSPS) is 11.5. The highest BCUT2D eigenvalue weighted by Crippen LogP contribution is 2.33. The fourth-order valence-electron chi connectivity index (χ4n) is 1.14. The van der Waals surface area contributed by atoms with Crippen molar-refractivity contribution in [3.05, 3.63) is 21.1 Å². The Labute approximate surface area is 112 Å². The molecule has 4 nitrogen and oxygen atoms in total. The lowest BCUT2D eigenvalue weighted by atomic mass is 10.3. The molecule has 7 heteroatoms. The third-order valence-corrected chi connectivity index (χ3v) is 4.95. The van der Waals surface area contributed by atoms with Crippen LogP contribution in [0.5, 0.6) is 5.75 Å². The first-order valence-corrected chi connectivity index (χ1v) is 7.52. The van der Waals surface area contributed by atoms with Gasteiger partial charge >= 0.3 is 0 Å². The fourth-order valence-corrected chi connectivity index (χ4v) is 4.05. The molecule has 1 aromatic rings. The number of methoxy groups -OCH3 is 1. The van der Waals surface area contributed by atoms with Crippen LogP contribution in [-0.2, 0) is 10.0 Å². The molecule has 0 unspecified atom stereocenters. The summed E-state index contributed by atoms with van der Waals surface area (Å²) in [6.07, 6.45) is 0. The van der Waals surface area contributed by atoms with Gasteiger partial charge < -0.3 is 4.74 Å². The maximum atomic E-state index is 11.8. The summed E-state index contributed by atoms with van der Waals surface area (Å²) < 4.78 is 32.3. The van der Waals surface area contributed by atoms with E-state index in [-0.39, 0.29) is 4.90 Å². The predicted molar refractivity (Wildman–Crippen MR) is 69.3 cm³/mol. The van der Waals surface area contributed by atoms with Crippen LogP contribution in [0.4, 0.5) is 0 Å². The van der Waals surface area contributed by atoms with Crippen molar-refractivity contribution in [2.24, 2.45) is 0 Å². The maximum absolute atomic E-state index is 11.8. The Morgan fingerprint density at radius 2 is 1.94 bits per heavy atom. The highest BCUT2D eigenvalue weighted by atomic mass is 79.9. The van der Waals surface area contributed by atoms with E-state index < -0.39 is 10.0 Å². The van der Waals surface area contributed by atoms with Crippen LogP contribution in [0.25, 0.3) is 0 Å². The lowest BCUT2D eigenvalue weighted by Gasteiger charge is -2.10. The Morgan fingerprint density at radius 1 is 1.31 bits per heavy atom. The highest BCUT2D eigenvalue weighted by molar-refractivity contribution is 9.11. The molecule has 0 bridgehead atoms. The number of halogens is 2. The van der Waals surface area contributed by atoms with Gasteiger partial charge in [-0.05, 0) is 37.9 Å². The summed E-state index contributed by atoms with van der Waals surface area (Å²) in [6, 6.07) is 3.11. The average molecular weight is 373 g/mol. The van der Waals surface area contributed by atoms with Crippen molar-refractivity contribution < 1.29 is 13.2 Å². The van der Waals surface area contributed by atoms with Crippen molar-refractivity contribution in [1.29, 1.82) is 0 Å². The minimum atomic E-state index is -3.49. The van der Waals surface area contributed by atoms with E-state index in [2.05, 4.69) is 36.6 Å². The van der Waals surface area contributed by atoms with Crippen LogP contribution in [0.1, 0.15) is 6.92 Å². The number of benzene rings is 1. The van der Waals surface area contributed by atoms with Crippen molar-refractivity contribution in [1.82, 2.24) is 4.72 Å². The molecule has 0 aliphatic rings. The van der Waals surface area contributed by atoms with Gasteiger partial charge in [0.2, 0.25) is 10.0 Å². The first kappa shape index (κ1) is 14.0. The first-order chi connectivity index (χ1) is 7.42. The van der Waals surface area contributed by atoms with Gasteiger partial charge in [0.15, 0.2) is 0 Å². The minimum absolute atomic E-state index is 0.161. The van der Waals surface area contributed by atoms with Crippen LogP contribution in [0.2, 0.25) is 0 Å². The van der Waals surface area contributed by atoms with Crippen LogP contribution in [0.15, 0.2) is 26.0 Å². The summed E-state index contributed by atoms with van der Waals surface area (Å²) in [6.45, 7) is 2.06. The number of hydrogen-bond acceptors (Lipinski definition) is 3. The van der Waals surface area contributed by atoms with Crippen LogP contribution < -0.4 is 9.46 Å². The van der Waals surface area contributed by atoms with Crippen molar-refractivity contribution >= 4 is 41.9 Å². The van der Waals surface area contributed by atoms with Gasteiger partial charge in [-0.3, -0.25) is 0 Å². The van der Waals surface area contributed by atoms with Gasteiger partial charge in [-0.1, -0.05) is 6.92 Å². The second-order valence-electron chi connectivity index (χ2n) is 2.92. The topological polar surface area (TPSA) is 55.4 Å². The Kier molecular flexibility index (Phi) is 4.78. The molecule has 0 spiro atoms. The van der Waals surface area contributed by atoms with Crippen LogP contribution >= 0.6 is 31.9 Å². The van der Waals surface area contributed by atoms with E-state index in [0.29, 0.717) is 21.2 Å². The van der Waals surface area contributed by atoms with Gasteiger partial charge in [0.05, 0.1) is 16.5 Å². The molecule has 16 heavy (non-hydrogen) atoms. The summed E-state index contributed by atoms with van der Waals surface area (Å²) in [4.78, 5) is 0.161. The van der Waals surface area contributed by atoms with Crippen LogP contribution in [-0.4, -0.2) is 22.1 Å². The Hall–Kier alpha value is -0.110. The number of sulfonamides is 1. The monoisotopic (exact) mass is 371 g/mol. The zero-order valence-electron chi connectivity index (χ0n) is 8.75. The molecule has 0 saturated carbocycles. The second kappa shape index (κ2) is 5.48. The van der Waals surface area contributed by atoms with E-state index in [1.165, 1.54) is 13.2 Å². The van der Waals surface area contributed by atoms with Crippen molar-refractivity contribution in [3.63, 3.8) is 0 Å². The van der Waals surface area contributed by atoms with E-state index in [1.54, 1.807) is 13.0 Å². The zero-order chi connectivity index (χ0) is 12.3. The molecular formula is C9H11Br2NO3S. The summed E-state index contributed by atoms with van der Waals surface area (Å²) >= 11 is 6.49. The summed E-state index contributed by atoms with van der Waals surface area (Å²) in [7, 11) is -2.00. The van der Waals surface area contributed by atoms with E-state index in [0.717, 1.165) is 0 Å². The van der Waals surface area contributed by atoms with Crippen molar-refractivity contribution in [2.45, 2.75) is 11.8 Å². The number of rotatable bonds is 4. The Balaban J connectivity index is 3.34. The van der Waals surface area contributed by atoms with Gasteiger partial charge in [0.25, 0.3) is 0 Å². The van der Waals surface area contributed by atoms with E-state index in [9.17, 15) is 8.42 Å². The molecule has 0 amide bonds. The summed E-state index contributed by atoms with van der Waals surface area (Å²) in [5.74, 6) is 0.472. The lowest BCUT2D eigenvalue weighted by Crippen LogP contribution is -2.23.